The van der Waals surface area contributed by atoms with E-state index in [9.17, 15) is 0 Å². The largest absolute Gasteiger partial charge is 0.376 e. The van der Waals surface area contributed by atoms with Crippen molar-refractivity contribution in [3.05, 3.63) is 185 Å². The Morgan fingerprint density at radius 2 is 0.938 bits per heavy atom. The lowest BCUT2D eigenvalue weighted by Crippen LogP contribution is -2.60. The number of rotatable bonds is 1. The van der Waals surface area contributed by atoms with Crippen LogP contribution >= 0.6 is 0 Å². The lowest BCUT2D eigenvalue weighted by molar-refractivity contribution is 0.590. The summed E-state index contributed by atoms with van der Waals surface area (Å²) in [6.45, 7) is 21.4. The molecule has 0 bridgehead atoms. The first-order valence-corrected chi connectivity index (χ1v) is 23.4. The summed E-state index contributed by atoms with van der Waals surface area (Å²) in [7, 11) is 0. The molecule has 5 aliphatic rings. The Balaban J connectivity index is 1.15. The van der Waals surface area contributed by atoms with Crippen LogP contribution in [0, 0.1) is 0 Å². The first kappa shape index (κ1) is 36.9. The molecule has 0 spiro atoms. The Kier molecular flexibility index (Phi) is 6.66. The second kappa shape index (κ2) is 11.6. The molecular formula is C61H51BN2. The highest BCUT2D eigenvalue weighted by atomic mass is 15.1. The standard InChI is InChI=1S/C61H51BN2/c1-58(2,3)34-22-24-35(25-23-34)64-54-30-42-37-17-11-14-20-47(37)59(4,5)49(42)29-45(54)39-26-27-40-44-28-41-36-16-10-13-19-46(36)61(8,9)51(41)33-53(44)63-55-31-43-38-18-12-15-21-48(38)60(6,7)50(43)32-52(55)62(64)56(39)57(40)63/h10-33H,1-9H3. The number of hydrogen-bond donors (Lipinski definition) is 0. The summed E-state index contributed by atoms with van der Waals surface area (Å²) in [5.74, 6) is 0. The minimum atomic E-state index is -0.146. The molecule has 0 atom stereocenters. The van der Waals surface area contributed by atoms with Gasteiger partial charge in [-0.2, -0.15) is 0 Å². The van der Waals surface area contributed by atoms with E-state index in [1.165, 1.54) is 133 Å². The summed E-state index contributed by atoms with van der Waals surface area (Å²) in [6.07, 6.45) is 0. The van der Waals surface area contributed by atoms with Gasteiger partial charge in [0.05, 0.1) is 11.0 Å². The number of benzene rings is 8. The van der Waals surface area contributed by atoms with Gasteiger partial charge in [-0.15, -0.1) is 0 Å². The van der Waals surface area contributed by atoms with Crippen molar-refractivity contribution in [3.63, 3.8) is 0 Å². The highest BCUT2D eigenvalue weighted by molar-refractivity contribution is 6.93. The quantitative estimate of drug-likeness (QED) is 0.150. The maximum atomic E-state index is 2.73. The van der Waals surface area contributed by atoms with Gasteiger partial charge in [-0.25, -0.2) is 0 Å². The highest BCUT2D eigenvalue weighted by Gasteiger charge is 2.48. The van der Waals surface area contributed by atoms with E-state index in [2.05, 4.69) is 217 Å². The van der Waals surface area contributed by atoms with Crippen molar-refractivity contribution in [1.29, 1.82) is 0 Å². The van der Waals surface area contributed by atoms with E-state index >= 15 is 0 Å². The fraction of sp³-hybridized carbons (Fsp3) is 0.213. The topological polar surface area (TPSA) is 8.17 Å². The zero-order chi connectivity index (χ0) is 43.6. The number of nitrogens with zero attached hydrogens (tertiary/aromatic N) is 2. The van der Waals surface area contributed by atoms with E-state index in [4.69, 9.17) is 0 Å². The molecule has 2 nitrogen and oxygen atoms in total. The second-order valence-electron chi connectivity index (χ2n) is 22.1. The van der Waals surface area contributed by atoms with Gasteiger partial charge < -0.3 is 9.38 Å². The maximum Gasteiger partial charge on any atom is 0.333 e. The second-order valence-corrected chi connectivity index (χ2v) is 22.1. The summed E-state index contributed by atoms with van der Waals surface area (Å²) in [6, 6.07) is 57.3. The molecule has 0 amide bonds. The van der Waals surface area contributed by atoms with E-state index in [-0.39, 0.29) is 28.5 Å². The van der Waals surface area contributed by atoms with E-state index in [1.54, 1.807) is 0 Å². The smallest absolute Gasteiger partial charge is 0.333 e. The lowest BCUT2D eigenvalue weighted by atomic mass is 9.43. The Morgan fingerprint density at radius 3 is 1.52 bits per heavy atom. The van der Waals surface area contributed by atoms with Gasteiger partial charge in [-0.05, 0) is 137 Å². The van der Waals surface area contributed by atoms with Crippen molar-refractivity contribution in [2.75, 3.05) is 4.81 Å². The lowest BCUT2D eigenvalue weighted by Gasteiger charge is -2.43. The minimum Gasteiger partial charge on any atom is -0.376 e. The number of anilines is 2. The van der Waals surface area contributed by atoms with Crippen LogP contribution in [0.5, 0.6) is 0 Å². The Morgan fingerprint density at radius 1 is 0.422 bits per heavy atom. The van der Waals surface area contributed by atoms with Gasteiger partial charge in [-0.3, -0.25) is 0 Å². The van der Waals surface area contributed by atoms with Crippen molar-refractivity contribution in [2.24, 2.45) is 0 Å². The molecule has 0 radical (unpaired) electrons. The van der Waals surface area contributed by atoms with Gasteiger partial charge in [0, 0.05) is 49.6 Å². The minimum absolute atomic E-state index is 0.0437. The van der Waals surface area contributed by atoms with E-state index in [0.29, 0.717) is 0 Å². The van der Waals surface area contributed by atoms with Crippen molar-refractivity contribution >= 4 is 51.0 Å². The average molecular weight is 823 g/mol. The van der Waals surface area contributed by atoms with Crippen molar-refractivity contribution in [1.82, 2.24) is 4.57 Å². The fourth-order valence-electron chi connectivity index (χ4n) is 13.4. The molecular weight excluding hydrogens is 771 g/mol. The van der Waals surface area contributed by atoms with Gasteiger partial charge in [0.25, 0.3) is 0 Å². The Bertz CT molecular complexity index is 3620. The number of aromatic nitrogens is 1. The third-order valence-electron chi connectivity index (χ3n) is 16.7. The van der Waals surface area contributed by atoms with Crippen LogP contribution in [0.4, 0.5) is 11.4 Å². The summed E-state index contributed by atoms with van der Waals surface area (Å²) in [5, 5.41) is 2.66. The molecule has 9 aromatic rings. The molecule has 0 N–H and O–H groups in total. The van der Waals surface area contributed by atoms with Crippen molar-refractivity contribution in [3.8, 4) is 50.2 Å². The van der Waals surface area contributed by atoms with E-state index in [1.807, 2.05) is 0 Å². The Hall–Kier alpha value is -6.58. The molecule has 0 fully saturated rings. The fourth-order valence-corrected chi connectivity index (χ4v) is 13.4. The van der Waals surface area contributed by atoms with Crippen LogP contribution in [-0.4, -0.2) is 11.4 Å². The van der Waals surface area contributed by atoms with E-state index in [0.717, 1.165) is 0 Å². The first-order chi connectivity index (χ1) is 30.7. The molecule has 0 saturated carbocycles. The SMILES string of the molecule is CC(C)(C)c1ccc(N2B3c4cc5c(cc4-n4c6cc7c(cc6c6ccc(c3c64)-c3cc4c(cc32)-c2ccccc2C4(C)C)-c2ccccc2C7(C)C)-c2ccccc2C5(C)C)cc1. The molecule has 3 aliphatic carbocycles. The normalized spacial score (nSPS) is 16.8. The van der Waals surface area contributed by atoms with Crippen LogP contribution in [0.15, 0.2) is 146 Å². The summed E-state index contributed by atoms with van der Waals surface area (Å²) in [5.41, 5.74) is 29.5. The van der Waals surface area contributed by atoms with Crippen LogP contribution in [0.25, 0.3) is 72.0 Å². The van der Waals surface area contributed by atoms with Crippen LogP contribution in [0.3, 0.4) is 0 Å². The molecule has 3 heteroatoms. The van der Waals surface area contributed by atoms with Gasteiger partial charge in [0.15, 0.2) is 0 Å². The summed E-state index contributed by atoms with van der Waals surface area (Å²) >= 11 is 0. The molecule has 14 rings (SSSR count). The third kappa shape index (κ3) is 4.30. The van der Waals surface area contributed by atoms with Crippen LogP contribution < -0.4 is 15.7 Å². The van der Waals surface area contributed by atoms with Crippen LogP contribution in [-0.2, 0) is 21.7 Å². The molecule has 64 heavy (non-hydrogen) atoms. The molecule has 0 unspecified atom stereocenters. The molecule has 3 heterocycles. The van der Waals surface area contributed by atoms with Gasteiger partial charge in [0.1, 0.15) is 0 Å². The monoisotopic (exact) mass is 822 g/mol. The summed E-state index contributed by atoms with van der Waals surface area (Å²) in [4.78, 5) is 2.73. The molecule has 308 valence electrons. The number of fused-ring (bicyclic) bond motifs is 17. The maximum absolute atomic E-state index is 2.73. The molecule has 1 aromatic heterocycles. The van der Waals surface area contributed by atoms with Crippen LogP contribution in [0.2, 0.25) is 0 Å². The zero-order valence-corrected chi connectivity index (χ0v) is 38.3. The average Bonchev–Trinajstić information content (AvgIpc) is 3.90. The zero-order valence-electron chi connectivity index (χ0n) is 38.3. The van der Waals surface area contributed by atoms with Gasteiger partial charge in [-0.1, -0.05) is 165 Å². The van der Waals surface area contributed by atoms with Crippen molar-refractivity contribution < 1.29 is 0 Å². The van der Waals surface area contributed by atoms with Crippen molar-refractivity contribution in [2.45, 2.75) is 84.0 Å². The van der Waals surface area contributed by atoms with Gasteiger partial charge >= 0.3 is 6.85 Å². The molecule has 2 aliphatic heterocycles. The predicted molar refractivity (Wildman–Crippen MR) is 271 cm³/mol. The Labute approximate surface area is 377 Å². The van der Waals surface area contributed by atoms with Gasteiger partial charge in [0.2, 0.25) is 0 Å². The third-order valence-corrected chi connectivity index (χ3v) is 16.7. The van der Waals surface area contributed by atoms with Crippen LogP contribution in [0.1, 0.15) is 101 Å². The first-order valence-electron chi connectivity index (χ1n) is 23.4. The van der Waals surface area contributed by atoms with E-state index < -0.39 is 0 Å². The highest BCUT2D eigenvalue weighted by Crippen LogP contribution is 2.57. The number of hydrogen-bond acceptors (Lipinski definition) is 1. The summed E-state index contributed by atoms with van der Waals surface area (Å²) < 4.78 is 2.70. The molecule has 0 saturated heterocycles. The molecule has 8 aromatic carbocycles. The predicted octanol–water partition coefficient (Wildman–Crippen LogP) is 14.2.